The van der Waals surface area contributed by atoms with Crippen LogP contribution in [0.25, 0.3) is 11.1 Å². The SMILES string of the molecule is COC(=O)CC(=O)Cc1ccccc1-c1ccccc1. The number of hydrogen-bond acceptors (Lipinski definition) is 3. The smallest absolute Gasteiger partial charge is 0.313 e. The highest BCUT2D eigenvalue weighted by Gasteiger charge is 2.13. The predicted octanol–water partition coefficient (Wildman–Crippen LogP) is 3.03. The van der Waals surface area contributed by atoms with Crippen molar-refractivity contribution < 1.29 is 14.3 Å². The van der Waals surface area contributed by atoms with Crippen LogP contribution < -0.4 is 0 Å². The van der Waals surface area contributed by atoms with Gasteiger partial charge >= 0.3 is 5.97 Å². The van der Waals surface area contributed by atoms with E-state index in [1.54, 1.807) is 0 Å². The molecule has 0 heterocycles. The van der Waals surface area contributed by atoms with Gasteiger partial charge in [0.15, 0.2) is 0 Å². The van der Waals surface area contributed by atoms with E-state index < -0.39 is 5.97 Å². The average Bonchev–Trinajstić information content (AvgIpc) is 2.48. The van der Waals surface area contributed by atoms with E-state index in [9.17, 15) is 9.59 Å². The molecular formula is C17H16O3. The molecule has 0 aliphatic heterocycles. The first kappa shape index (κ1) is 14.0. The standard InChI is InChI=1S/C17H16O3/c1-20-17(19)12-15(18)11-14-9-5-6-10-16(14)13-7-3-2-4-8-13/h2-10H,11-12H2,1H3. The van der Waals surface area contributed by atoms with Gasteiger partial charge in [-0.1, -0.05) is 54.6 Å². The quantitative estimate of drug-likeness (QED) is 0.618. The summed E-state index contributed by atoms with van der Waals surface area (Å²) in [5, 5.41) is 0. The number of ether oxygens (including phenoxy) is 1. The maximum atomic E-state index is 11.9. The Balaban J connectivity index is 2.21. The van der Waals surface area contributed by atoms with Crippen LogP contribution in [0.15, 0.2) is 54.6 Å². The van der Waals surface area contributed by atoms with Gasteiger partial charge in [0.05, 0.1) is 7.11 Å². The van der Waals surface area contributed by atoms with E-state index in [1.165, 1.54) is 7.11 Å². The second-order valence-corrected chi connectivity index (χ2v) is 4.49. The highest BCUT2D eigenvalue weighted by atomic mass is 16.5. The molecule has 0 radical (unpaired) electrons. The number of carbonyl (C=O) groups is 2. The van der Waals surface area contributed by atoms with E-state index in [0.717, 1.165) is 16.7 Å². The van der Waals surface area contributed by atoms with E-state index in [4.69, 9.17) is 0 Å². The summed E-state index contributed by atoms with van der Waals surface area (Å²) in [6.45, 7) is 0. The zero-order valence-electron chi connectivity index (χ0n) is 11.3. The fourth-order valence-electron chi connectivity index (χ4n) is 2.08. The minimum Gasteiger partial charge on any atom is -0.469 e. The second-order valence-electron chi connectivity index (χ2n) is 4.49. The van der Waals surface area contributed by atoms with E-state index in [1.807, 2.05) is 54.6 Å². The third-order valence-corrected chi connectivity index (χ3v) is 3.06. The number of esters is 1. The number of ketones is 1. The van der Waals surface area contributed by atoms with Gasteiger partial charge in [-0.2, -0.15) is 0 Å². The van der Waals surface area contributed by atoms with Crippen molar-refractivity contribution in [3.05, 3.63) is 60.2 Å². The summed E-state index contributed by atoms with van der Waals surface area (Å²) in [5.41, 5.74) is 3.01. The molecule has 3 heteroatoms. The maximum absolute atomic E-state index is 11.9. The summed E-state index contributed by atoms with van der Waals surface area (Å²) in [7, 11) is 1.29. The lowest BCUT2D eigenvalue weighted by Crippen LogP contribution is -2.11. The van der Waals surface area contributed by atoms with Crippen molar-refractivity contribution in [1.82, 2.24) is 0 Å². The molecule has 0 saturated carbocycles. The molecule has 102 valence electrons. The Morgan fingerprint density at radius 2 is 1.60 bits per heavy atom. The average molecular weight is 268 g/mol. The van der Waals surface area contributed by atoms with Crippen LogP contribution in [0.4, 0.5) is 0 Å². The van der Waals surface area contributed by atoms with Gasteiger partial charge in [0.25, 0.3) is 0 Å². The molecule has 0 aliphatic carbocycles. The topological polar surface area (TPSA) is 43.4 Å². The molecule has 0 saturated heterocycles. The van der Waals surface area contributed by atoms with E-state index in [2.05, 4.69) is 4.74 Å². The first-order valence-electron chi connectivity index (χ1n) is 6.42. The van der Waals surface area contributed by atoms with Gasteiger partial charge in [0.1, 0.15) is 12.2 Å². The summed E-state index contributed by atoms with van der Waals surface area (Å²) in [5.74, 6) is -0.632. The number of carbonyl (C=O) groups excluding carboxylic acids is 2. The monoisotopic (exact) mass is 268 g/mol. The Morgan fingerprint density at radius 1 is 0.950 bits per heavy atom. The van der Waals surface area contributed by atoms with Crippen LogP contribution in [0.5, 0.6) is 0 Å². The summed E-state index contributed by atoms with van der Waals surface area (Å²) in [4.78, 5) is 23.0. The van der Waals surface area contributed by atoms with Crippen LogP contribution in [0.2, 0.25) is 0 Å². The van der Waals surface area contributed by atoms with Crippen LogP contribution in [-0.4, -0.2) is 18.9 Å². The van der Waals surface area contributed by atoms with Crippen LogP contribution in [0.1, 0.15) is 12.0 Å². The Hall–Kier alpha value is -2.42. The van der Waals surface area contributed by atoms with Crippen molar-refractivity contribution >= 4 is 11.8 Å². The first-order valence-corrected chi connectivity index (χ1v) is 6.42. The summed E-state index contributed by atoms with van der Waals surface area (Å²) in [6.07, 6.45) is 0.0553. The fraction of sp³-hybridized carbons (Fsp3) is 0.176. The molecule has 3 nitrogen and oxygen atoms in total. The van der Waals surface area contributed by atoms with Gasteiger partial charge in [-0.15, -0.1) is 0 Å². The van der Waals surface area contributed by atoms with E-state index >= 15 is 0 Å². The number of benzene rings is 2. The number of Topliss-reactive ketones (excluding diaryl/α,β-unsaturated/α-hetero) is 1. The molecule has 20 heavy (non-hydrogen) atoms. The molecule has 0 atom stereocenters. The molecule has 0 N–H and O–H groups in total. The highest BCUT2D eigenvalue weighted by molar-refractivity contribution is 5.97. The van der Waals surface area contributed by atoms with Crippen molar-refractivity contribution in [2.75, 3.05) is 7.11 Å². The van der Waals surface area contributed by atoms with Gasteiger partial charge in [0, 0.05) is 6.42 Å². The summed E-state index contributed by atoms with van der Waals surface area (Å²) < 4.78 is 4.51. The largest absolute Gasteiger partial charge is 0.469 e. The van der Waals surface area contributed by atoms with Crippen molar-refractivity contribution in [3.63, 3.8) is 0 Å². The van der Waals surface area contributed by atoms with Crippen LogP contribution in [0, 0.1) is 0 Å². The third-order valence-electron chi connectivity index (χ3n) is 3.06. The Morgan fingerprint density at radius 3 is 2.30 bits per heavy atom. The second kappa shape index (κ2) is 6.66. The molecule has 0 fully saturated rings. The van der Waals surface area contributed by atoms with Crippen molar-refractivity contribution in [2.45, 2.75) is 12.8 Å². The lowest BCUT2D eigenvalue weighted by atomic mass is 9.96. The van der Waals surface area contributed by atoms with Crippen LogP contribution in [0.3, 0.4) is 0 Å². The maximum Gasteiger partial charge on any atom is 0.313 e. The molecule has 2 aromatic carbocycles. The molecule has 2 aromatic rings. The molecular weight excluding hydrogens is 252 g/mol. The van der Waals surface area contributed by atoms with Gasteiger partial charge in [-0.3, -0.25) is 9.59 Å². The molecule has 2 rings (SSSR count). The van der Waals surface area contributed by atoms with E-state index in [-0.39, 0.29) is 18.6 Å². The predicted molar refractivity (Wildman–Crippen MR) is 77.2 cm³/mol. The van der Waals surface area contributed by atoms with Gasteiger partial charge in [0.2, 0.25) is 0 Å². The first-order chi connectivity index (χ1) is 9.70. The summed E-state index contributed by atoms with van der Waals surface area (Å²) in [6, 6.07) is 17.6. The molecule has 0 spiro atoms. The highest BCUT2D eigenvalue weighted by Crippen LogP contribution is 2.24. The number of rotatable bonds is 5. The minimum absolute atomic E-state index is 0.139. The lowest BCUT2D eigenvalue weighted by Gasteiger charge is -2.09. The zero-order chi connectivity index (χ0) is 14.4. The number of methoxy groups -OCH3 is 1. The van der Waals surface area contributed by atoms with Crippen molar-refractivity contribution in [1.29, 1.82) is 0 Å². The molecule has 0 bridgehead atoms. The molecule has 0 amide bonds. The van der Waals surface area contributed by atoms with Crippen molar-refractivity contribution in [2.24, 2.45) is 0 Å². The summed E-state index contributed by atoms with van der Waals surface area (Å²) >= 11 is 0. The lowest BCUT2D eigenvalue weighted by molar-refractivity contribution is -0.143. The zero-order valence-corrected chi connectivity index (χ0v) is 11.3. The number of hydrogen-bond donors (Lipinski definition) is 0. The van der Waals surface area contributed by atoms with Gasteiger partial charge < -0.3 is 4.74 Å². The molecule has 0 unspecified atom stereocenters. The normalized spacial score (nSPS) is 10.1. The van der Waals surface area contributed by atoms with E-state index in [0.29, 0.717) is 0 Å². The third kappa shape index (κ3) is 3.54. The molecule has 0 aliphatic rings. The van der Waals surface area contributed by atoms with Gasteiger partial charge in [-0.25, -0.2) is 0 Å². The molecule has 0 aromatic heterocycles. The van der Waals surface area contributed by atoms with Crippen molar-refractivity contribution in [3.8, 4) is 11.1 Å². The van der Waals surface area contributed by atoms with Gasteiger partial charge in [-0.05, 0) is 16.7 Å². The Labute approximate surface area is 118 Å². The van der Waals surface area contributed by atoms with Crippen LogP contribution >= 0.6 is 0 Å². The minimum atomic E-state index is -0.493. The fourth-order valence-corrected chi connectivity index (χ4v) is 2.08. The Kier molecular flexibility index (Phi) is 4.66. The Bertz CT molecular complexity index is 603. The van der Waals surface area contributed by atoms with Crippen LogP contribution in [-0.2, 0) is 20.7 Å².